The summed E-state index contributed by atoms with van der Waals surface area (Å²) in [7, 11) is 0. The van der Waals surface area contributed by atoms with Gasteiger partial charge in [-0.15, -0.1) is 0 Å². The van der Waals surface area contributed by atoms with Crippen molar-refractivity contribution >= 4 is 6.21 Å². The van der Waals surface area contributed by atoms with Gasteiger partial charge in [0, 0.05) is 17.3 Å². The number of hydrogen-bond acceptors (Lipinski definition) is 1. The molecule has 0 radical (unpaired) electrons. The van der Waals surface area contributed by atoms with E-state index in [0.29, 0.717) is 5.41 Å². The van der Waals surface area contributed by atoms with E-state index in [9.17, 15) is 0 Å². The van der Waals surface area contributed by atoms with Crippen LogP contribution in [0, 0.1) is 11.3 Å². The van der Waals surface area contributed by atoms with Crippen LogP contribution in [-0.4, -0.2) is 6.21 Å². The molecule has 64 valence electrons. The average molecular weight is 161 g/mol. The molecule has 0 N–H and O–H groups in total. The van der Waals surface area contributed by atoms with Crippen molar-refractivity contribution in [2.45, 2.75) is 27.2 Å². The monoisotopic (exact) mass is 161 g/mol. The number of rotatable bonds is 0. The molecular formula is C11H15N. The van der Waals surface area contributed by atoms with Crippen molar-refractivity contribution in [1.82, 2.24) is 0 Å². The van der Waals surface area contributed by atoms with E-state index in [1.54, 1.807) is 0 Å². The topological polar surface area (TPSA) is 12.4 Å². The van der Waals surface area contributed by atoms with Gasteiger partial charge in [0.05, 0.1) is 0 Å². The SMILES string of the molecule is CC1=CC2(C=NC(C)=C1)C[C@@H]2C. The van der Waals surface area contributed by atoms with Gasteiger partial charge in [0.1, 0.15) is 0 Å². The summed E-state index contributed by atoms with van der Waals surface area (Å²) in [6, 6.07) is 0. The van der Waals surface area contributed by atoms with E-state index in [0.717, 1.165) is 11.6 Å². The summed E-state index contributed by atoms with van der Waals surface area (Å²) in [4.78, 5) is 4.42. The molecule has 0 bridgehead atoms. The first-order valence-electron chi connectivity index (χ1n) is 4.55. The van der Waals surface area contributed by atoms with E-state index in [2.05, 4.69) is 44.1 Å². The molecule has 0 saturated heterocycles. The summed E-state index contributed by atoms with van der Waals surface area (Å²) in [5, 5.41) is 0. The van der Waals surface area contributed by atoms with Gasteiger partial charge in [0.25, 0.3) is 0 Å². The van der Waals surface area contributed by atoms with Crippen molar-refractivity contribution in [1.29, 1.82) is 0 Å². The van der Waals surface area contributed by atoms with Crippen molar-refractivity contribution < 1.29 is 0 Å². The molecule has 2 aliphatic rings. The Morgan fingerprint density at radius 3 is 2.75 bits per heavy atom. The molecule has 1 spiro atoms. The Kier molecular flexibility index (Phi) is 1.50. The molecule has 1 aliphatic heterocycles. The third kappa shape index (κ3) is 1.13. The molecule has 2 rings (SSSR count). The molecule has 1 saturated carbocycles. The van der Waals surface area contributed by atoms with E-state index in [-0.39, 0.29) is 0 Å². The average Bonchev–Trinajstić information content (AvgIpc) is 2.60. The van der Waals surface area contributed by atoms with Gasteiger partial charge >= 0.3 is 0 Å². The fourth-order valence-electron chi connectivity index (χ4n) is 1.94. The van der Waals surface area contributed by atoms with Crippen LogP contribution < -0.4 is 0 Å². The normalized spacial score (nSPS) is 39.1. The zero-order valence-electron chi connectivity index (χ0n) is 7.96. The van der Waals surface area contributed by atoms with Gasteiger partial charge in [0.15, 0.2) is 0 Å². The van der Waals surface area contributed by atoms with Crippen LogP contribution >= 0.6 is 0 Å². The van der Waals surface area contributed by atoms with Crippen LogP contribution in [0.3, 0.4) is 0 Å². The fraction of sp³-hybridized carbons (Fsp3) is 0.545. The molecular weight excluding hydrogens is 146 g/mol. The number of nitrogens with zero attached hydrogens (tertiary/aromatic N) is 1. The lowest BCUT2D eigenvalue weighted by Crippen LogP contribution is -1.99. The standard InChI is InChI=1S/C11H15N/c1-8-4-10(3)12-7-11(5-8)6-9(11)2/h4-5,7,9H,6H2,1-3H3/t9-,11?/m0/s1. The molecule has 1 aliphatic carbocycles. The molecule has 0 aromatic heterocycles. The lowest BCUT2D eigenvalue weighted by atomic mass is 10.0. The Hall–Kier alpha value is -0.850. The molecule has 1 nitrogen and oxygen atoms in total. The van der Waals surface area contributed by atoms with Crippen molar-refractivity contribution in [2.75, 3.05) is 0 Å². The molecule has 1 heterocycles. The summed E-state index contributed by atoms with van der Waals surface area (Å²) >= 11 is 0. The van der Waals surface area contributed by atoms with Crippen LogP contribution in [0.5, 0.6) is 0 Å². The van der Waals surface area contributed by atoms with Gasteiger partial charge in [-0.3, -0.25) is 4.99 Å². The van der Waals surface area contributed by atoms with E-state index in [1.165, 1.54) is 12.0 Å². The van der Waals surface area contributed by atoms with Crippen LogP contribution in [0.1, 0.15) is 27.2 Å². The Morgan fingerprint density at radius 2 is 2.17 bits per heavy atom. The Balaban J connectivity index is 2.34. The molecule has 0 amide bonds. The Bertz CT molecular complexity index is 296. The van der Waals surface area contributed by atoms with Crippen LogP contribution in [0.4, 0.5) is 0 Å². The minimum Gasteiger partial charge on any atom is -0.265 e. The maximum Gasteiger partial charge on any atom is 0.0371 e. The Morgan fingerprint density at radius 1 is 1.50 bits per heavy atom. The zero-order chi connectivity index (χ0) is 8.77. The predicted octanol–water partition coefficient (Wildman–Crippen LogP) is 2.95. The second kappa shape index (κ2) is 2.32. The first-order valence-corrected chi connectivity index (χ1v) is 4.55. The summed E-state index contributed by atoms with van der Waals surface area (Å²) in [6.07, 6.45) is 7.91. The maximum absolute atomic E-state index is 4.42. The van der Waals surface area contributed by atoms with Crippen molar-refractivity contribution in [3.63, 3.8) is 0 Å². The number of allylic oxidation sites excluding steroid dienone is 4. The lowest BCUT2D eigenvalue weighted by molar-refractivity contribution is 0.802. The molecule has 2 atom stereocenters. The largest absolute Gasteiger partial charge is 0.265 e. The van der Waals surface area contributed by atoms with Crippen molar-refractivity contribution in [3.05, 3.63) is 23.4 Å². The molecule has 0 aromatic rings. The summed E-state index contributed by atoms with van der Waals surface area (Å²) in [5.41, 5.74) is 2.80. The van der Waals surface area contributed by atoms with Crippen LogP contribution in [0.15, 0.2) is 28.4 Å². The van der Waals surface area contributed by atoms with Crippen molar-refractivity contribution in [2.24, 2.45) is 16.3 Å². The van der Waals surface area contributed by atoms with Crippen LogP contribution in [0.2, 0.25) is 0 Å². The smallest absolute Gasteiger partial charge is 0.0371 e. The van der Waals surface area contributed by atoms with Gasteiger partial charge < -0.3 is 0 Å². The maximum atomic E-state index is 4.42. The highest BCUT2D eigenvalue weighted by Crippen LogP contribution is 2.53. The third-order valence-electron chi connectivity index (χ3n) is 2.86. The van der Waals surface area contributed by atoms with Crippen LogP contribution in [-0.2, 0) is 0 Å². The summed E-state index contributed by atoms with van der Waals surface area (Å²) in [5.74, 6) is 0.787. The van der Waals surface area contributed by atoms with Gasteiger partial charge in [0.2, 0.25) is 0 Å². The number of aliphatic imine (C=N–C) groups is 1. The summed E-state index contributed by atoms with van der Waals surface area (Å²) < 4.78 is 0. The van der Waals surface area contributed by atoms with Crippen LogP contribution in [0.25, 0.3) is 0 Å². The Labute approximate surface area is 73.9 Å². The van der Waals surface area contributed by atoms with Gasteiger partial charge in [-0.1, -0.05) is 18.6 Å². The van der Waals surface area contributed by atoms with E-state index in [1.807, 2.05) is 0 Å². The predicted molar refractivity (Wildman–Crippen MR) is 52.2 cm³/mol. The fourth-order valence-corrected chi connectivity index (χ4v) is 1.94. The highest BCUT2D eigenvalue weighted by Gasteiger charge is 2.48. The van der Waals surface area contributed by atoms with E-state index >= 15 is 0 Å². The molecule has 0 aromatic carbocycles. The molecule has 1 heteroatoms. The number of hydrogen-bond donors (Lipinski definition) is 0. The first kappa shape index (κ1) is 7.78. The minimum absolute atomic E-state index is 0.318. The quantitative estimate of drug-likeness (QED) is 0.518. The first-order chi connectivity index (χ1) is 5.62. The minimum atomic E-state index is 0.318. The van der Waals surface area contributed by atoms with Gasteiger partial charge in [-0.25, -0.2) is 0 Å². The van der Waals surface area contributed by atoms with Gasteiger partial charge in [-0.05, 0) is 32.3 Å². The molecule has 1 unspecified atom stereocenters. The van der Waals surface area contributed by atoms with Crippen molar-refractivity contribution in [3.8, 4) is 0 Å². The lowest BCUT2D eigenvalue weighted by Gasteiger charge is -2.01. The van der Waals surface area contributed by atoms with Gasteiger partial charge in [-0.2, -0.15) is 0 Å². The molecule has 1 fully saturated rings. The highest BCUT2D eigenvalue weighted by atomic mass is 14.8. The van der Waals surface area contributed by atoms with E-state index in [4.69, 9.17) is 0 Å². The summed E-state index contributed by atoms with van der Waals surface area (Å²) in [6.45, 7) is 6.50. The molecule has 12 heavy (non-hydrogen) atoms. The third-order valence-corrected chi connectivity index (χ3v) is 2.86. The zero-order valence-corrected chi connectivity index (χ0v) is 7.96. The van der Waals surface area contributed by atoms with E-state index < -0.39 is 0 Å². The highest BCUT2D eigenvalue weighted by molar-refractivity contribution is 5.75. The second-order valence-corrected chi connectivity index (χ2v) is 4.15. The second-order valence-electron chi connectivity index (χ2n) is 4.15.